The molecule has 4 rings (SSSR count). The van der Waals surface area contributed by atoms with Gasteiger partial charge in [0, 0.05) is 5.41 Å². The van der Waals surface area contributed by atoms with Gasteiger partial charge in [-0.25, -0.2) is 0 Å². The SMILES string of the molecule is C#CC#CC#CC.CCCCCCCCC1(CCCCCCCC)c2cc(C)ccc2-c2ccc(/C=C/c3cc(OCC(CC)CCCC)c(C)cc3C)cc21. The summed E-state index contributed by atoms with van der Waals surface area (Å²) in [7, 11) is 0. The fourth-order valence-electron chi connectivity index (χ4n) is 8.41. The van der Waals surface area contributed by atoms with Crippen LogP contribution in [0.5, 0.6) is 5.75 Å². The highest BCUT2D eigenvalue weighted by molar-refractivity contribution is 5.83. The van der Waals surface area contributed by atoms with Gasteiger partial charge in [-0.3, -0.25) is 0 Å². The van der Waals surface area contributed by atoms with Crippen LogP contribution < -0.4 is 4.74 Å². The first-order valence-electron chi connectivity index (χ1n) is 22.3. The van der Waals surface area contributed by atoms with Crippen LogP contribution in [-0.2, 0) is 5.41 Å². The predicted molar refractivity (Wildman–Crippen MR) is 247 cm³/mol. The van der Waals surface area contributed by atoms with Gasteiger partial charge in [0.15, 0.2) is 0 Å². The van der Waals surface area contributed by atoms with E-state index in [4.69, 9.17) is 11.2 Å². The zero-order valence-corrected chi connectivity index (χ0v) is 36.8. The number of terminal acetylenes is 1. The largest absolute Gasteiger partial charge is 0.493 e. The average molecular weight is 751 g/mol. The van der Waals surface area contributed by atoms with Crippen molar-refractivity contribution in [2.45, 2.75) is 176 Å². The molecular formula is C55H74O. The highest BCUT2D eigenvalue weighted by Gasteiger charge is 2.42. The number of fused-ring (bicyclic) bond motifs is 3. The molecule has 0 saturated carbocycles. The van der Waals surface area contributed by atoms with Crippen LogP contribution in [0.3, 0.4) is 0 Å². The summed E-state index contributed by atoms with van der Waals surface area (Å²) in [4.78, 5) is 0. The second-order valence-electron chi connectivity index (χ2n) is 16.3. The molecule has 1 atom stereocenters. The van der Waals surface area contributed by atoms with Crippen molar-refractivity contribution in [3.05, 3.63) is 87.5 Å². The van der Waals surface area contributed by atoms with Gasteiger partial charge in [-0.15, -0.1) is 6.42 Å². The van der Waals surface area contributed by atoms with Gasteiger partial charge < -0.3 is 4.74 Å². The maximum atomic E-state index is 6.47. The molecule has 1 nitrogen and oxygen atoms in total. The van der Waals surface area contributed by atoms with Crippen LogP contribution in [0, 0.1) is 62.7 Å². The Morgan fingerprint density at radius 1 is 0.643 bits per heavy atom. The molecule has 1 aliphatic carbocycles. The van der Waals surface area contributed by atoms with Crippen LogP contribution in [0.4, 0.5) is 0 Å². The van der Waals surface area contributed by atoms with Gasteiger partial charge in [0.25, 0.3) is 0 Å². The highest BCUT2D eigenvalue weighted by Crippen LogP contribution is 2.54. The summed E-state index contributed by atoms with van der Waals surface area (Å²) in [6, 6.07) is 19.2. The van der Waals surface area contributed by atoms with Gasteiger partial charge in [-0.05, 0) is 127 Å². The Hall–Kier alpha value is -4.12. The average Bonchev–Trinajstić information content (AvgIpc) is 3.46. The lowest BCUT2D eigenvalue weighted by Crippen LogP contribution is -2.25. The first-order valence-corrected chi connectivity index (χ1v) is 22.3. The minimum atomic E-state index is 0.116. The molecule has 1 unspecified atom stereocenters. The molecule has 0 heterocycles. The summed E-state index contributed by atoms with van der Waals surface area (Å²) >= 11 is 0. The maximum absolute atomic E-state index is 6.47. The fraction of sp³-hybridized carbons (Fsp3) is 0.527. The standard InChI is InChI=1S/C48H70O.C7H4/c1-8-12-15-17-19-21-30-48(31-22-20-18-16-13-9-2)45-32-37(5)24-28-43(45)44-29-26-41(34-46(44)48)25-27-42-35-47(39(7)33-38(42)6)49-36-40(11-4)23-14-10-3;1-3-5-7-6-4-2/h24-29,32-35,40H,8-23,30-31,36H2,1-7H3;1H,2H3/b27-25+;. The molecule has 0 saturated heterocycles. The molecule has 0 amide bonds. The van der Waals surface area contributed by atoms with Crippen molar-refractivity contribution in [2.24, 2.45) is 5.92 Å². The smallest absolute Gasteiger partial charge is 0.122 e. The lowest BCUT2D eigenvalue weighted by molar-refractivity contribution is 0.232. The number of hydrogen-bond donors (Lipinski definition) is 0. The van der Waals surface area contributed by atoms with Crippen molar-refractivity contribution in [1.29, 1.82) is 0 Å². The van der Waals surface area contributed by atoms with Crippen LogP contribution in [-0.4, -0.2) is 6.61 Å². The Morgan fingerprint density at radius 2 is 1.25 bits per heavy atom. The highest BCUT2D eigenvalue weighted by atomic mass is 16.5. The molecule has 0 aromatic heterocycles. The summed E-state index contributed by atoms with van der Waals surface area (Å²) in [6.45, 7) is 18.5. The van der Waals surface area contributed by atoms with E-state index in [1.165, 1.54) is 155 Å². The summed E-state index contributed by atoms with van der Waals surface area (Å²) in [5.74, 6) is 13.7. The molecule has 1 heteroatoms. The van der Waals surface area contributed by atoms with E-state index in [1.807, 2.05) is 0 Å². The van der Waals surface area contributed by atoms with E-state index in [2.05, 4.69) is 139 Å². The number of rotatable bonds is 23. The lowest BCUT2D eigenvalue weighted by Gasteiger charge is -2.33. The van der Waals surface area contributed by atoms with E-state index in [9.17, 15) is 0 Å². The lowest BCUT2D eigenvalue weighted by atomic mass is 9.70. The molecule has 0 N–H and O–H groups in total. The molecule has 0 spiro atoms. The van der Waals surface area contributed by atoms with Crippen molar-refractivity contribution < 1.29 is 4.74 Å². The van der Waals surface area contributed by atoms with Gasteiger partial charge in [0.1, 0.15) is 5.75 Å². The Bertz CT molecular complexity index is 1810. The summed E-state index contributed by atoms with van der Waals surface area (Å²) < 4.78 is 6.47. The van der Waals surface area contributed by atoms with Crippen molar-refractivity contribution >= 4 is 12.2 Å². The predicted octanol–water partition coefficient (Wildman–Crippen LogP) is 15.8. The van der Waals surface area contributed by atoms with E-state index >= 15 is 0 Å². The molecule has 0 fully saturated rings. The van der Waals surface area contributed by atoms with Crippen LogP contribution in [0.2, 0.25) is 0 Å². The minimum Gasteiger partial charge on any atom is -0.493 e. The van der Waals surface area contributed by atoms with Crippen molar-refractivity contribution in [3.63, 3.8) is 0 Å². The molecule has 0 radical (unpaired) electrons. The molecular weight excluding hydrogens is 677 g/mol. The monoisotopic (exact) mass is 751 g/mol. The van der Waals surface area contributed by atoms with Crippen LogP contribution in [0.15, 0.2) is 48.5 Å². The Kier molecular flexibility index (Phi) is 21.4. The maximum Gasteiger partial charge on any atom is 0.122 e. The second-order valence-corrected chi connectivity index (χ2v) is 16.3. The molecule has 300 valence electrons. The summed E-state index contributed by atoms with van der Waals surface area (Å²) in [6.07, 6.45) is 33.2. The van der Waals surface area contributed by atoms with E-state index in [1.54, 1.807) is 18.1 Å². The third kappa shape index (κ3) is 14.1. The van der Waals surface area contributed by atoms with Gasteiger partial charge in [0.05, 0.1) is 6.61 Å². The quantitative estimate of drug-likeness (QED) is 0.0533. The van der Waals surface area contributed by atoms with E-state index in [-0.39, 0.29) is 5.41 Å². The fourth-order valence-corrected chi connectivity index (χ4v) is 8.41. The topological polar surface area (TPSA) is 9.23 Å². The van der Waals surface area contributed by atoms with Crippen LogP contribution >= 0.6 is 0 Å². The second kappa shape index (κ2) is 25.9. The van der Waals surface area contributed by atoms with Crippen LogP contribution in [0.25, 0.3) is 23.3 Å². The number of hydrogen-bond acceptors (Lipinski definition) is 1. The third-order valence-electron chi connectivity index (χ3n) is 11.8. The zero-order valence-electron chi connectivity index (χ0n) is 36.8. The first kappa shape index (κ1) is 46.3. The minimum absolute atomic E-state index is 0.116. The van der Waals surface area contributed by atoms with Crippen molar-refractivity contribution in [3.8, 4) is 52.9 Å². The number of unbranched alkanes of at least 4 members (excludes halogenated alkanes) is 11. The third-order valence-corrected chi connectivity index (χ3v) is 11.8. The van der Waals surface area contributed by atoms with Gasteiger partial charge in [-0.1, -0.05) is 190 Å². The van der Waals surface area contributed by atoms with Crippen molar-refractivity contribution in [2.75, 3.05) is 6.61 Å². The van der Waals surface area contributed by atoms with Gasteiger partial charge in [0.2, 0.25) is 0 Å². The summed E-state index contributed by atoms with van der Waals surface area (Å²) in [5.41, 5.74) is 12.8. The summed E-state index contributed by atoms with van der Waals surface area (Å²) in [5, 5.41) is 0. The molecule has 3 aromatic carbocycles. The Labute approximate surface area is 344 Å². The molecule has 1 aliphatic rings. The molecule has 3 aromatic rings. The van der Waals surface area contributed by atoms with Gasteiger partial charge >= 0.3 is 0 Å². The van der Waals surface area contributed by atoms with E-state index < -0.39 is 0 Å². The van der Waals surface area contributed by atoms with Crippen molar-refractivity contribution in [1.82, 2.24) is 0 Å². The van der Waals surface area contributed by atoms with Gasteiger partial charge in [-0.2, -0.15) is 0 Å². The molecule has 0 aliphatic heterocycles. The zero-order chi connectivity index (χ0) is 40.6. The molecule has 56 heavy (non-hydrogen) atoms. The Morgan fingerprint density at radius 3 is 1.86 bits per heavy atom. The van der Waals surface area contributed by atoms with E-state index in [0.29, 0.717) is 5.92 Å². The number of benzene rings is 3. The number of aryl methyl sites for hydroxylation is 3. The first-order chi connectivity index (χ1) is 27.3. The van der Waals surface area contributed by atoms with Crippen LogP contribution in [0.1, 0.15) is 189 Å². The Balaban J connectivity index is 0.00000109. The normalized spacial score (nSPS) is 12.6. The van der Waals surface area contributed by atoms with E-state index in [0.717, 1.165) is 12.4 Å². The number of ether oxygens (including phenoxy) is 1. The molecule has 0 bridgehead atoms.